The molecule has 5 heteroatoms. The highest BCUT2D eigenvalue weighted by molar-refractivity contribution is 5.94. The Balaban J connectivity index is 2.54. The number of rotatable bonds is 2. The molecule has 0 unspecified atom stereocenters. The monoisotopic (exact) mass is 204 g/mol. The van der Waals surface area contributed by atoms with Crippen LogP contribution >= 0.6 is 0 Å². The van der Waals surface area contributed by atoms with Crippen LogP contribution < -0.4 is 5.73 Å². The fourth-order valence-corrected chi connectivity index (χ4v) is 1.58. The van der Waals surface area contributed by atoms with Gasteiger partial charge in [-0.3, -0.25) is 9.48 Å². The van der Waals surface area contributed by atoms with Gasteiger partial charge in [-0.25, -0.2) is 0 Å². The number of aryl methyl sites for hydroxylation is 2. The van der Waals surface area contributed by atoms with Crippen molar-refractivity contribution in [3.63, 3.8) is 0 Å². The first kappa shape index (κ1) is 9.51. The summed E-state index contributed by atoms with van der Waals surface area (Å²) in [6, 6.07) is 3.65. The lowest BCUT2D eigenvalue weighted by Crippen LogP contribution is -2.09. The second-order valence-electron chi connectivity index (χ2n) is 3.43. The molecular formula is C10H12N4O. The van der Waals surface area contributed by atoms with Gasteiger partial charge in [-0.15, -0.1) is 0 Å². The van der Waals surface area contributed by atoms with Crippen LogP contribution in [0.1, 0.15) is 10.4 Å². The molecule has 2 N–H and O–H groups in total. The highest BCUT2D eigenvalue weighted by Crippen LogP contribution is 2.20. The molecule has 78 valence electrons. The van der Waals surface area contributed by atoms with E-state index in [0.717, 1.165) is 11.4 Å². The molecule has 0 fully saturated rings. The predicted octanol–water partition coefficient (Wildman–Crippen LogP) is 0.524. The summed E-state index contributed by atoms with van der Waals surface area (Å²) in [6.45, 7) is 0. The van der Waals surface area contributed by atoms with Gasteiger partial charge in [0.05, 0.1) is 17.0 Å². The Morgan fingerprint density at radius 3 is 2.60 bits per heavy atom. The van der Waals surface area contributed by atoms with Gasteiger partial charge in [0.2, 0.25) is 5.91 Å². The fourth-order valence-electron chi connectivity index (χ4n) is 1.58. The van der Waals surface area contributed by atoms with Crippen molar-refractivity contribution in [2.75, 3.05) is 0 Å². The number of amides is 1. The Labute approximate surface area is 87.1 Å². The van der Waals surface area contributed by atoms with Crippen molar-refractivity contribution in [1.82, 2.24) is 14.3 Å². The quantitative estimate of drug-likeness (QED) is 0.775. The molecule has 0 spiro atoms. The first-order chi connectivity index (χ1) is 7.09. The maximum Gasteiger partial charge on any atom is 0.250 e. The smallest absolute Gasteiger partial charge is 0.250 e. The Morgan fingerprint density at radius 2 is 2.13 bits per heavy atom. The van der Waals surface area contributed by atoms with E-state index in [1.54, 1.807) is 23.1 Å². The minimum atomic E-state index is -0.418. The topological polar surface area (TPSA) is 65.8 Å². The zero-order valence-electron chi connectivity index (χ0n) is 8.64. The van der Waals surface area contributed by atoms with E-state index in [2.05, 4.69) is 5.10 Å². The number of nitrogens with two attached hydrogens (primary N) is 1. The maximum atomic E-state index is 11.0. The average molecular weight is 204 g/mol. The first-order valence-electron chi connectivity index (χ1n) is 4.54. The molecule has 0 aliphatic carbocycles. The summed E-state index contributed by atoms with van der Waals surface area (Å²) in [5.74, 6) is -0.418. The van der Waals surface area contributed by atoms with Crippen molar-refractivity contribution in [2.45, 2.75) is 0 Å². The van der Waals surface area contributed by atoms with Crippen molar-refractivity contribution in [2.24, 2.45) is 19.8 Å². The number of carbonyl (C=O) groups excluding carboxylic acids is 1. The standard InChI is InChI=1S/C10H12N4O/c1-13-6-7(10(11)15)5-9(13)8-3-4-12-14(8)2/h3-6H,1-2H3,(H2,11,15). The molecule has 0 aliphatic heterocycles. The van der Waals surface area contributed by atoms with Crippen molar-refractivity contribution < 1.29 is 4.79 Å². The van der Waals surface area contributed by atoms with Crippen LogP contribution in [-0.4, -0.2) is 20.3 Å². The summed E-state index contributed by atoms with van der Waals surface area (Å²) < 4.78 is 3.61. The summed E-state index contributed by atoms with van der Waals surface area (Å²) in [5.41, 5.74) is 7.59. The molecule has 1 amide bonds. The number of nitrogens with zero attached hydrogens (tertiary/aromatic N) is 3. The van der Waals surface area contributed by atoms with Gasteiger partial charge in [-0.2, -0.15) is 5.10 Å². The predicted molar refractivity (Wildman–Crippen MR) is 56.1 cm³/mol. The van der Waals surface area contributed by atoms with Crippen LogP contribution in [-0.2, 0) is 14.1 Å². The summed E-state index contributed by atoms with van der Waals surface area (Å²) in [7, 11) is 3.72. The van der Waals surface area contributed by atoms with Gasteiger partial charge in [-0.05, 0) is 12.1 Å². The third kappa shape index (κ3) is 1.52. The summed E-state index contributed by atoms with van der Waals surface area (Å²) in [4.78, 5) is 11.0. The molecule has 2 heterocycles. The molecule has 2 aromatic rings. The van der Waals surface area contributed by atoms with E-state index >= 15 is 0 Å². The average Bonchev–Trinajstić information content (AvgIpc) is 2.71. The normalized spacial score (nSPS) is 10.5. The second-order valence-corrected chi connectivity index (χ2v) is 3.43. The van der Waals surface area contributed by atoms with E-state index in [-0.39, 0.29) is 0 Å². The van der Waals surface area contributed by atoms with Gasteiger partial charge in [0, 0.05) is 26.5 Å². The van der Waals surface area contributed by atoms with Crippen LogP contribution in [0.5, 0.6) is 0 Å². The van der Waals surface area contributed by atoms with E-state index in [1.165, 1.54) is 0 Å². The lowest BCUT2D eigenvalue weighted by Gasteiger charge is -2.02. The minimum Gasteiger partial charge on any atom is -0.366 e. The molecule has 0 radical (unpaired) electrons. The Morgan fingerprint density at radius 1 is 1.40 bits per heavy atom. The molecule has 2 rings (SSSR count). The van der Waals surface area contributed by atoms with Crippen molar-refractivity contribution in [1.29, 1.82) is 0 Å². The molecule has 0 saturated heterocycles. The van der Waals surface area contributed by atoms with Gasteiger partial charge >= 0.3 is 0 Å². The lowest BCUT2D eigenvalue weighted by atomic mass is 10.2. The molecule has 0 atom stereocenters. The minimum absolute atomic E-state index is 0.418. The molecule has 0 bridgehead atoms. The molecular weight excluding hydrogens is 192 g/mol. The zero-order valence-corrected chi connectivity index (χ0v) is 8.64. The van der Waals surface area contributed by atoms with E-state index in [1.807, 2.05) is 24.7 Å². The van der Waals surface area contributed by atoms with E-state index < -0.39 is 5.91 Å². The van der Waals surface area contributed by atoms with E-state index in [9.17, 15) is 4.79 Å². The highest BCUT2D eigenvalue weighted by atomic mass is 16.1. The lowest BCUT2D eigenvalue weighted by molar-refractivity contribution is 0.100. The molecule has 5 nitrogen and oxygen atoms in total. The van der Waals surface area contributed by atoms with Gasteiger partial charge in [-0.1, -0.05) is 0 Å². The number of carbonyl (C=O) groups is 1. The third-order valence-corrected chi connectivity index (χ3v) is 2.37. The van der Waals surface area contributed by atoms with Crippen LogP contribution in [0.4, 0.5) is 0 Å². The first-order valence-corrected chi connectivity index (χ1v) is 4.54. The molecule has 2 aromatic heterocycles. The number of hydrogen-bond donors (Lipinski definition) is 1. The summed E-state index contributed by atoms with van der Waals surface area (Å²) in [6.07, 6.45) is 3.43. The maximum absolute atomic E-state index is 11.0. The van der Waals surface area contributed by atoms with Crippen molar-refractivity contribution >= 4 is 5.91 Å². The Bertz CT molecular complexity index is 509. The Hall–Kier alpha value is -2.04. The van der Waals surface area contributed by atoms with Crippen LogP contribution in [0, 0.1) is 0 Å². The van der Waals surface area contributed by atoms with Crippen molar-refractivity contribution in [3.8, 4) is 11.4 Å². The zero-order chi connectivity index (χ0) is 11.0. The van der Waals surface area contributed by atoms with E-state index in [4.69, 9.17) is 5.73 Å². The van der Waals surface area contributed by atoms with Gasteiger partial charge in [0.15, 0.2) is 0 Å². The van der Waals surface area contributed by atoms with Crippen LogP contribution in [0.2, 0.25) is 0 Å². The summed E-state index contributed by atoms with van der Waals surface area (Å²) in [5, 5.41) is 4.08. The highest BCUT2D eigenvalue weighted by Gasteiger charge is 2.11. The SMILES string of the molecule is Cn1cc(C(N)=O)cc1-c1ccnn1C. The second kappa shape index (κ2) is 3.27. The molecule has 0 aromatic carbocycles. The number of primary amides is 1. The molecule has 15 heavy (non-hydrogen) atoms. The van der Waals surface area contributed by atoms with Gasteiger partial charge < -0.3 is 10.3 Å². The van der Waals surface area contributed by atoms with E-state index in [0.29, 0.717) is 5.56 Å². The summed E-state index contributed by atoms with van der Waals surface area (Å²) >= 11 is 0. The van der Waals surface area contributed by atoms with Crippen molar-refractivity contribution in [3.05, 3.63) is 30.1 Å². The third-order valence-electron chi connectivity index (χ3n) is 2.37. The Kier molecular flexibility index (Phi) is 2.07. The number of hydrogen-bond acceptors (Lipinski definition) is 2. The molecule has 0 saturated carbocycles. The van der Waals surface area contributed by atoms with Crippen LogP contribution in [0.15, 0.2) is 24.5 Å². The number of aromatic nitrogens is 3. The largest absolute Gasteiger partial charge is 0.366 e. The molecule has 0 aliphatic rings. The fraction of sp³-hybridized carbons (Fsp3) is 0.200. The van der Waals surface area contributed by atoms with Gasteiger partial charge in [0.1, 0.15) is 0 Å². The van der Waals surface area contributed by atoms with Gasteiger partial charge in [0.25, 0.3) is 0 Å². The van der Waals surface area contributed by atoms with Crippen LogP contribution in [0.3, 0.4) is 0 Å². The van der Waals surface area contributed by atoms with Crippen LogP contribution in [0.25, 0.3) is 11.4 Å².